The molecule has 1 aliphatic heterocycles. The van der Waals surface area contributed by atoms with Gasteiger partial charge in [-0.05, 0) is 82.6 Å². The topological polar surface area (TPSA) is 28.2 Å². The van der Waals surface area contributed by atoms with E-state index in [1.165, 1.54) is 45.3 Å². The number of hydrogen-bond acceptors (Lipinski definition) is 3. The van der Waals surface area contributed by atoms with E-state index in [2.05, 4.69) is 53.1 Å². The van der Waals surface area contributed by atoms with E-state index in [1.54, 1.807) is 0 Å². The first-order valence-electron chi connectivity index (χ1n) is 7.47. The molecule has 0 atom stereocenters. The van der Waals surface area contributed by atoms with Crippen LogP contribution >= 0.6 is 31.9 Å². The Hall–Kier alpha value is 0.0300. The number of rotatable bonds is 5. The Morgan fingerprint density at radius 1 is 1.20 bits per heavy atom. The molecule has 0 radical (unpaired) electrons. The van der Waals surface area contributed by atoms with Gasteiger partial charge in [-0.25, -0.2) is 0 Å². The molecule has 0 aromatic carbocycles. The summed E-state index contributed by atoms with van der Waals surface area (Å²) in [5.74, 6) is 0.853. The fourth-order valence-corrected chi connectivity index (χ4v) is 4.04. The molecule has 0 bridgehead atoms. The van der Waals surface area contributed by atoms with Crippen LogP contribution in [0.15, 0.2) is 21.2 Å². The molecule has 110 valence electrons. The molecule has 0 spiro atoms. The van der Waals surface area contributed by atoms with Gasteiger partial charge in [0, 0.05) is 34.3 Å². The van der Waals surface area contributed by atoms with E-state index >= 15 is 0 Å². The van der Waals surface area contributed by atoms with E-state index in [0.717, 1.165) is 33.1 Å². The minimum Gasteiger partial charge on any atom is -0.317 e. The summed E-state index contributed by atoms with van der Waals surface area (Å²) in [5.41, 5.74) is 1.16. The zero-order valence-electron chi connectivity index (χ0n) is 11.6. The number of hydrogen-bond donors (Lipinski definition) is 1. The van der Waals surface area contributed by atoms with Gasteiger partial charge in [0.2, 0.25) is 0 Å². The van der Waals surface area contributed by atoms with Gasteiger partial charge in [0.05, 0.1) is 5.69 Å². The van der Waals surface area contributed by atoms with Crippen LogP contribution in [0.1, 0.15) is 31.4 Å². The predicted molar refractivity (Wildman–Crippen MR) is 88.7 cm³/mol. The Kier molecular flexibility index (Phi) is 5.13. The van der Waals surface area contributed by atoms with Crippen LogP contribution in [0.2, 0.25) is 0 Å². The van der Waals surface area contributed by atoms with Crippen molar-refractivity contribution in [3.05, 3.63) is 26.9 Å². The highest BCUT2D eigenvalue weighted by atomic mass is 79.9. The molecule has 5 heteroatoms. The molecule has 0 amide bonds. The third kappa shape index (κ3) is 4.03. The van der Waals surface area contributed by atoms with Gasteiger partial charge in [-0.1, -0.05) is 0 Å². The first-order chi connectivity index (χ1) is 9.72. The van der Waals surface area contributed by atoms with Crippen molar-refractivity contribution in [1.82, 2.24) is 15.2 Å². The number of piperidine rings is 1. The average molecular weight is 403 g/mol. The second kappa shape index (κ2) is 6.86. The van der Waals surface area contributed by atoms with Gasteiger partial charge in [0.15, 0.2) is 0 Å². The lowest BCUT2D eigenvalue weighted by atomic mass is 9.97. The summed E-state index contributed by atoms with van der Waals surface area (Å²) in [6.45, 7) is 4.58. The van der Waals surface area contributed by atoms with Crippen molar-refractivity contribution in [3.8, 4) is 0 Å². The van der Waals surface area contributed by atoms with Gasteiger partial charge in [-0.15, -0.1) is 0 Å². The van der Waals surface area contributed by atoms with E-state index in [-0.39, 0.29) is 0 Å². The first kappa shape index (κ1) is 14.9. The van der Waals surface area contributed by atoms with Crippen molar-refractivity contribution < 1.29 is 0 Å². The lowest BCUT2D eigenvalue weighted by Gasteiger charge is -2.30. The largest absolute Gasteiger partial charge is 0.317 e. The van der Waals surface area contributed by atoms with E-state index in [9.17, 15) is 0 Å². The molecule has 3 nitrogen and oxygen atoms in total. The Balaban J connectivity index is 1.64. The predicted octanol–water partition coefficient (Wildman–Crippen LogP) is 3.57. The maximum atomic E-state index is 4.57. The van der Waals surface area contributed by atoms with Gasteiger partial charge in [0.25, 0.3) is 0 Å². The molecule has 1 aromatic heterocycles. The van der Waals surface area contributed by atoms with Crippen molar-refractivity contribution >= 4 is 31.9 Å². The van der Waals surface area contributed by atoms with Gasteiger partial charge < -0.3 is 5.32 Å². The summed E-state index contributed by atoms with van der Waals surface area (Å²) >= 11 is 7.11. The van der Waals surface area contributed by atoms with Crippen molar-refractivity contribution in [2.75, 3.05) is 19.6 Å². The molecule has 2 aliphatic rings. The summed E-state index contributed by atoms with van der Waals surface area (Å²) in [5, 5.41) is 3.45. The number of nitrogens with one attached hydrogen (secondary N) is 1. The summed E-state index contributed by atoms with van der Waals surface area (Å²) in [6.07, 6.45) is 7.25. The van der Waals surface area contributed by atoms with E-state index in [1.807, 2.05) is 6.20 Å². The minimum absolute atomic E-state index is 0.794. The summed E-state index contributed by atoms with van der Waals surface area (Å²) in [7, 11) is 0. The summed E-state index contributed by atoms with van der Waals surface area (Å²) < 4.78 is 2.15. The molecule has 1 saturated carbocycles. The molecule has 2 fully saturated rings. The minimum atomic E-state index is 0.794. The highest BCUT2D eigenvalue weighted by Gasteiger charge is 2.31. The Morgan fingerprint density at radius 2 is 1.95 bits per heavy atom. The van der Waals surface area contributed by atoms with E-state index in [0.29, 0.717) is 0 Å². The molecule has 1 aliphatic carbocycles. The van der Waals surface area contributed by atoms with Gasteiger partial charge >= 0.3 is 0 Å². The average Bonchev–Trinajstić information content (AvgIpc) is 3.26. The second-order valence-corrected chi connectivity index (χ2v) is 7.71. The highest BCUT2D eigenvalue weighted by molar-refractivity contribution is 9.11. The Labute approximate surface area is 137 Å². The third-order valence-corrected chi connectivity index (χ3v) is 5.37. The lowest BCUT2D eigenvalue weighted by molar-refractivity contribution is 0.188. The van der Waals surface area contributed by atoms with Crippen LogP contribution in [0.5, 0.6) is 0 Å². The first-order valence-corrected chi connectivity index (χ1v) is 9.05. The van der Waals surface area contributed by atoms with Crippen LogP contribution in [0.25, 0.3) is 0 Å². The van der Waals surface area contributed by atoms with Crippen LogP contribution in [-0.2, 0) is 6.54 Å². The third-order valence-electron chi connectivity index (χ3n) is 4.25. The summed E-state index contributed by atoms with van der Waals surface area (Å²) in [4.78, 5) is 7.22. The van der Waals surface area contributed by atoms with Crippen LogP contribution in [0, 0.1) is 5.92 Å². The van der Waals surface area contributed by atoms with Crippen LogP contribution in [-0.4, -0.2) is 35.6 Å². The SMILES string of the molecule is Brc1cnc(CN(CC2CCNCC2)C2CC2)c(Br)c1. The van der Waals surface area contributed by atoms with Crippen molar-refractivity contribution in [2.45, 2.75) is 38.3 Å². The normalized spacial score (nSPS) is 20.6. The molecule has 20 heavy (non-hydrogen) atoms. The quantitative estimate of drug-likeness (QED) is 0.815. The zero-order chi connectivity index (χ0) is 13.9. The zero-order valence-corrected chi connectivity index (χ0v) is 14.8. The molecule has 2 heterocycles. The Bertz CT molecular complexity index is 456. The smallest absolute Gasteiger partial charge is 0.0686 e. The van der Waals surface area contributed by atoms with Crippen LogP contribution in [0.4, 0.5) is 0 Å². The summed E-state index contributed by atoms with van der Waals surface area (Å²) in [6, 6.07) is 2.89. The number of nitrogens with zero attached hydrogens (tertiary/aromatic N) is 2. The van der Waals surface area contributed by atoms with Crippen LogP contribution in [0.3, 0.4) is 0 Å². The fourth-order valence-electron chi connectivity index (χ4n) is 2.93. The number of aromatic nitrogens is 1. The van der Waals surface area contributed by atoms with E-state index < -0.39 is 0 Å². The molecule has 0 unspecified atom stereocenters. The van der Waals surface area contributed by atoms with Gasteiger partial charge in [-0.3, -0.25) is 9.88 Å². The molecule has 1 aromatic rings. The lowest BCUT2D eigenvalue weighted by Crippen LogP contribution is -2.37. The molecule has 1 N–H and O–H groups in total. The Morgan fingerprint density at radius 3 is 2.60 bits per heavy atom. The van der Waals surface area contributed by atoms with E-state index in [4.69, 9.17) is 0 Å². The molecule has 3 rings (SSSR count). The maximum Gasteiger partial charge on any atom is 0.0686 e. The fraction of sp³-hybridized carbons (Fsp3) is 0.667. The molecular formula is C15H21Br2N3. The van der Waals surface area contributed by atoms with Gasteiger partial charge in [-0.2, -0.15) is 0 Å². The maximum absolute atomic E-state index is 4.57. The number of pyridine rings is 1. The van der Waals surface area contributed by atoms with Gasteiger partial charge in [0.1, 0.15) is 0 Å². The standard InChI is InChI=1S/C15H21Br2N3/c16-12-7-14(17)15(19-8-12)10-20(13-1-2-13)9-11-3-5-18-6-4-11/h7-8,11,13,18H,1-6,9-10H2. The second-order valence-electron chi connectivity index (χ2n) is 5.94. The molecular weight excluding hydrogens is 382 g/mol. The number of halogens is 2. The molecule has 1 saturated heterocycles. The van der Waals surface area contributed by atoms with Crippen molar-refractivity contribution in [1.29, 1.82) is 0 Å². The van der Waals surface area contributed by atoms with Crippen LogP contribution < -0.4 is 5.32 Å². The van der Waals surface area contributed by atoms with Crippen molar-refractivity contribution in [2.24, 2.45) is 5.92 Å². The highest BCUT2D eigenvalue weighted by Crippen LogP contribution is 2.31. The van der Waals surface area contributed by atoms with Crippen molar-refractivity contribution in [3.63, 3.8) is 0 Å². The monoisotopic (exact) mass is 401 g/mol.